The molecule has 0 amide bonds. The summed E-state index contributed by atoms with van der Waals surface area (Å²) < 4.78 is 0. The summed E-state index contributed by atoms with van der Waals surface area (Å²) in [5, 5.41) is 3.32. The normalized spacial score (nSPS) is 24.6. The molecule has 0 saturated heterocycles. The van der Waals surface area contributed by atoms with Crippen LogP contribution in [0.2, 0.25) is 0 Å². The van der Waals surface area contributed by atoms with Gasteiger partial charge in [0.05, 0.1) is 11.2 Å². The summed E-state index contributed by atoms with van der Waals surface area (Å²) in [6, 6.07) is 0. The third kappa shape index (κ3) is 3.25. The Hall–Kier alpha value is -0.410. The lowest BCUT2D eigenvalue weighted by Gasteiger charge is -2.49. The first kappa shape index (κ1) is 16.0. The van der Waals surface area contributed by atoms with Crippen molar-refractivity contribution in [2.24, 2.45) is 16.6 Å². The Morgan fingerprint density at radius 2 is 1.55 bits per heavy atom. The zero-order valence-electron chi connectivity index (χ0n) is 14.1. The monoisotopic (exact) mass is 294 g/mol. The number of nitrogens with zero attached hydrogens (tertiary/aromatic N) is 1. The van der Waals surface area contributed by atoms with Crippen LogP contribution >= 0.6 is 11.3 Å². The van der Waals surface area contributed by atoms with Gasteiger partial charge >= 0.3 is 0 Å². The van der Waals surface area contributed by atoms with Crippen molar-refractivity contribution in [1.82, 2.24) is 4.98 Å². The molecule has 1 aromatic rings. The maximum Gasteiger partial charge on any atom is 0.113 e. The summed E-state index contributed by atoms with van der Waals surface area (Å²) in [5.74, 6) is 0. The topological polar surface area (TPSA) is 38.9 Å². The second kappa shape index (κ2) is 4.54. The summed E-state index contributed by atoms with van der Waals surface area (Å²) in [5.41, 5.74) is 8.41. The van der Waals surface area contributed by atoms with E-state index in [-0.39, 0.29) is 21.8 Å². The van der Waals surface area contributed by atoms with Crippen LogP contribution in [0.5, 0.6) is 0 Å². The number of aromatic nitrogens is 1. The largest absolute Gasteiger partial charge is 0.319 e. The van der Waals surface area contributed by atoms with Gasteiger partial charge in [0.2, 0.25) is 0 Å². The molecule has 0 radical (unpaired) electrons. The Bertz CT molecular complexity index is 475. The number of rotatable bonds is 1. The van der Waals surface area contributed by atoms with E-state index in [9.17, 15) is 0 Å². The van der Waals surface area contributed by atoms with Gasteiger partial charge < -0.3 is 5.73 Å². The molecule has 1 saturated carbocycles. The Labute approximate surface area is 128 Å². The average molecular weight is 295 g/mol. The number of nitrogens with two attached hydrogens (primary N) is 1. The minimum atomic E-state index is -0.264. The minimum Gasteiger partial charge on any atom is -0.319 e. The van der Waals surface area contributed by atoms with Gasteiger partial charge in [-0.3, -0.25) is 0 Å². The SMILES string of the molecule is CC1(C)CC(C)(C)CC(N)(c2nc(C(C)(C)C)cs2)C1. The molecule has 1 fully saturated rings. The lowest BCUT2D eigenvalue weighted by Crippen LogP contribution is -2.49. The molecule has 2 N–H and O–H groups in total. The second-order valence-electron chi connectivity index (χ2n) is 9.30. The summed E-state index contributed by atoms with van der Waals surface area (Å²) in [4.78, 5) is 4.90. The smallest absolute Gasteiger partial charge is 0.113 e. The third-order valence-electron chi connectivity index (χ3n) is 4.24. The molecule has 1 aromatic heterocycles. The van der Waals surface area contributed by atoms with Crippen molar-refractivity contribution in [3.05, 3.63) is 16.1 Å². The zero-order valence-corrected chi connectivity index (χ0v) is 14.9. The molecule has 0 unspecified atom stereocenters. The number of hydrogen-bond acceptors (Lipinski definition) is 3. The van der Waals surface area contributed by atoms with Gasteiger partial charge in [-0.05, 0) is 30.1 Å². The highest BCUT2D eigenvalue weighted by atomic mass is 32.1. The molecule has 1 aliphatic rings. The van der Waals surface area contributed by atoms with E-state index in [1.807, 2.05) is 0 Å². The van der Waals surface area contributed by atoms with Crippen molar-refractivity contribution in [2.45, 2.75) is 78.7 Å². The van der Waals surface area contributed by atoms with Crippen LogP contribution in [-0.2, 0) is 11.0 Å². The van der Waals surface area contributed by atoms with Crippen LogP contribution in [0.4, 0.5) is 0 Å². The Morgan fingerprint density at radius 1 is 1.05 bits per heavy atom. The molecule has 2 rings (SSSR count). The molecule has 0 atom stereocenters. The van der Waals surface area contributed by atoms with Gasteiger partial charge in [0.25, 0.3) is 0 Å². The van der Waals surface area contributed by atoms with E-state index in [0.29, 0.717) is 0 Å². The fourth-order valence-corrected chi connectivity index (χ4v) is 5.35. The van der Waals surface area contributed by atoms with Crippen LogP contribution in [0.15, 0.2) is 5.38 Å². The third-order valence-corrected chi connectivity index (χ3v) is 5.31. The first-order chi connectivity index (χ1) is 8.83. The molecule has 0 bridgehead atoms. The van der Waals surface area contributed by atoms with Crippen LogP contribution in [-0.4, -0.2) is 4.98 Å². The number of hydrogen-bond donors (Lipinski definition) is 1. The average Bonchev–Trinajstić information content (AvgIpc) is 2.58. The molecular weight excluding hydrogens is 264 g/mol. The molecular formula is C17H30N2S. The molecule has 0 aromatic carbocycles. The molecule has 114 valence electrons. The first-order valence-corrected chi connectivity index (χ1v) is 8.47. The predicted octanol–water partition coefficient (Wildman–Crippen LogP) is 4.83. The van der Waals surface area contributed by atoms with E-state index in [4.69, 9.17) is 10.7 Å². The highest BCUT2D eigenvalue weighted by Crippen LogP contribution is 2.53. The summed E-state index contributed by atoms with van der Waals surface area (Å²) in [6.45, 7) is 16.0. The maximum absolute atomic E-state index is 6.84. The lowest BCUT2D eigenvalue weighted by molar-refractivity contribution is 0.0468. The van der Waals surface area contributed by atoms with E-state index in [1.165, 1.54) is 12.1 Å². The zero-order chi connectivity index (χ0) is 15.4. The summed E-state index contributed by atoms with van der Waals surface area (Å²) in [7, 11) is 0. The number of thiazole rings is 1. The molecule has 1 aliphatic carbocycles. The first-order valence-electron chi connectivity index (χ1n) is 7.59. The Morgan fingerprint density at radius 3 is 1.95 bits per heavy atom. The van der Waals surface area contributed by atoms with Crippen molar-refractivity contribution in [3.8, 4) is 0 Å². The standard InChI is InChI=1S/C17H30N2S/c1-14(2,3)12-8-20-13(19-12)17(18)10-15(4,5)9-16(6,7)11-17/h8H,9-11,18H2,1-7H3. The Kier molecular flexibility index (Phi) is 3.63. The van der Waals surface area contributed by atoms with Crippen LogP contribution in [0.1, 0.15) is 78.4 Å². The van der Waals surface area contributed by atoms with Crippen LogP contribution in [0, 0.1) is 10.8 Å². The molecule has 3 heteroatoms. The second-order valence-corrected chi connectivity index (χ2v) is 10.2. The van der Waals surface area contributed by atoms with Gasteiger partial charge in [-0.1, -0.05) is 48.5 Å². The molecule has 0 spiro atoms. The lowest BCUT2D eigenvalue weighted by atomic mass is 9.59. The van der Waals surface area contributed by atoms with Crippen LogP contribution in [0.25, 0.3) is 0 Å². The molecule has 0 aliphatic heterocycles. The fraction of sp³-hybridized carbons (Fsp3) is 0.824. The van der Waals surface area contributed by atoms with E-state index in [0.717, 1.165) is 17.8 Å². The van der Waals surface area contributed by atoms with E-state index < -0.39 is 0 Å². The minimum absolute atomic E-state index is 0.102. The van der Waals surface area contributed by atoms with E-state index >= 15 is 0 Å². The highest BCUT2D eigenvalue weighted by Gasteiger charge is 2.47. The van der Waals surface area contributed by atoms with Crippen molar-refractivity contribution >= 4 is 11.3 Å². The van der Waals surface area contributed by atoms with Gasteiger partial charge in [-0.15, -0.1) is 11.3 Å². The van der Waals surface area contributed by atoms with Crippen LogP contribution < -0.4 is 5.73 Å². The highest BCUT2D eigenvalue weighted by molar-refractivity contribution is 7.09. The molecule has 20 heavy (non-hydrogen) atoms. The van der Waals surface area contributed by atoms with Gasteiger partial charge in [0.1, 0.15) is 5.01 Å². The summed E-state index contributed by atoms with van der Waals surface area (Å²) in [6.07, 6.45) is 3.29. The molecule has 1 heterocycles. The maximum atomic E-state index is 6.84. The van der Waals surface area contributed by atoms with Crippen molar-refractivity contribution < 1.29 is 0 Å². The van der Waals surface area contributed by atoms with E-state index in [1.54, 1.807) is 11.3 Å². The predicted molar refractivity (Wildman–Crippen MR) is 88.1 cm³/mol. The van der Waals surface area contributed by atoms with Gasteiger partial charge in [-0.2, -0.15) is 0 Å². The van der Waals surface area contributed by atoms with Gasteiger partial charge in [-0.25, -0.2) is 4.98 Å². The Balaban J connectivity index is 2.37. The van der Waals surface area contributed by atoms with Crippen LogP contribution in [0.3, 0.4) is 0 Å². The van der Waals surface area contributed by atoms with Crippen molar-refractivity contribution in [3.63, 3.8) is 0 Å². The van der Waals surface area contributed by atoms with Gasteiger partial charge in [0, 0.05) is 10.8 Å². The quantitative estimate of drug-likeness (QED) is 0.805. The van der Waals surface area contributed by atoms with E-state index in [2.05, 4.69) is 53.8 Å². The fourth-order valence-electron chi connectivity index (χ4n) is 4.19. The molecule has 2 nitrogen and oxygen atoms in total. The summed E-state index contributed by atoms with van der Waals surface area (Å²) >= 11 is 1.75. The van der Waals surface area contributed by atoms with Crippen molar-refractivity contribution in [2.75, 3.05) is 0 Å². The van der Waals surface area contributed by atoms with Gasteiger partial charge in [0.15, 0.2) is 0 Å². The van der Waals surface area contributed by atoms with Crippen molar-refractivity contribution in [1.29, 1.82) is 0 Å².